The zero-order valence-electron chi connectivity index (χ0n) is 11.6. The predicted octanol–water partition coefficient (Wildman–Crippen LogP) is 3.99. The monoisotopic (exact) mass is 375 g/mol. The Labute approximate surface area is 133 Å². The summed E-state index contributed by atoms with van der Waals surface area (Å²) in [6, 6.07) is 7.16. The fourth-order valence-corrected chi connectivity index (χ4v) is 2.29. The highest BCUT2D eigenvalue weighted by atomic mass is 79.9. The van der Waals surface area contributed by atoms with Gasteiger partial charge in [-0.3, -0.25) is 0 Å². The van der Waals surface area contributed by atoms with Crippen molar-refractivity contribution in [3.63, 3.8) is 0 Å². The van der Waals surface area contributed by atoms with E-state index >= 15 is 0 Å². The lowest BCUT2D eigenvalue weighted by Gasteiger charge is -2.22. The number of anilines is 1. The molecule has 118 valence electrons. The molecule has 0 amide bonds. The van der Waals surface area contributed by atoms with Crippen LogP contribution in [-0.2, 0) is 12.7 Å². The van der Waals surface area contributed by atoms with Gasteiger partial charge in [-0.15, -0.1) is 10.2 Å². The molecule has 0 fully saturated rings. The quantitative estimate of drug-likeness (QED) is 0.877. The summed E-state index contributed by atoms with van der Waals surface area (Å²) >= 11 is 3.31. The number of hydrogen-bond acceptors (Lipinski definition) is 4. The van der Waals surface area contributed by atoms with Crippen molar-refractivity contribution >= 4 is 21.7 Å². The van der Waals surface area contributed by atoms with Crippen molar-refractivity contribution in [3.05, 3.63) is 46.1 Å². The molecule has 1 aromatic heterocycles. The van der Waals surface area contributed by atoms with Gasteiger partial charge in [-0.2, -0.15) is 13.2 Å². The minimum atomic E-state index is -4.51. The molecule has 0 aliphatic carbocycles. The molecule has 8 heteroatoms. The molecular weight excluding hydrogens is 363 g/mol. The van der Waals surface area contributed by atoms with Crippen LogP contribution in [0.15, 0.2) is 34.8 Å². The summed E-state index contributed by atoms with van der Waals surface area (Å²) in [4.78, 5) is 1.72. The van der Waals surface area contributed by atoms with E-state index in [1.54, 1.807) is 23.1 Å². The Balaban J connectivity index is 2.23. The molecular formula is C14H13BrF3N3O. The van der Waals surface area contributed by atoms with Crippen molar-refractivity contribution in [2.24, 2.45) is 0 Å². The van der Waals surface area contributed by atoms with E-state index in [-0.39, 0.29) is 5.75 Å². The second kappa shape index (κ2) is 6.51. The van der Waals surface area contributed by atoms with Gasteiger partial charge in [0.15, 0.2) is 11.5 Å². The summed E-state index contributed by atoms with van der Waals surface area (Å²) in [6.45, 7) is 2.65. The van der Waals surface area contributed by atoms with Gasteiger partial charge < -0.3 is 10.0 Å². The lowest BCUT2D eigenvalue weighted by molar-refractivity contribution is -0.141. The van der Waals surface area contributed by atoms with Gasteiger partial charge >= 0.3 is 6.18 Å². The Kier molecular flexibility index (Phi) is 4.90. The van der Waals surface area contributed by atoms with E-state index in [1.807, 2.05) is 6.92 Å². The van der Waals surface area contributed by atoms with Crippen molar-refractivity contribution < 1.29 is 18.3 Å². The van der Waals surface area contributed by atoms with Gasteiger partial charge in [0, 0.05) is 23.1 Å². The molecule has 0 bridgehead atoms. The molecule has 0 spiro atoms. The van der Waals surface area contributed by atoms with Crippen LogP contribution in [0, 0.1) is 0 Å². The molecule has 0 saturated heterocycles. The van der Waals surface area contributed by atoms with Gasteiger partial charge in [-0.25, -0.2) is 0 Å². The summed E-state index contributed by atoms with van der Waals surface area (Å²) in [5.41, 5.74) is -0.393. The summed E-state index contributed by atoms with van der Waals surface area (Å²) in [7, 11) is 0. The zero-order valence-corrected chi connectivity index (χ0v) is 13.2. The van der Waals surface area contributed by atoms with E-state index in [0.29, 0.717) is 24.5 Å². The van der Waals surface area contributed by atoms with Gasteiger partial charge in [0.1, 0.15) is 5.75 Å². The number of nitrogens with zero attached hydrogens (tertiary/aromatic N) is 3. The third kappa shape index (κ3) is 3.88. The van der Waals surface area contributed by atoms with Crippen molar-refractivity contribution in [2.75, 3.05) is 11.4 Å². The number of benzene rings is 1. The topological polar surface area (TPSA) is 49.2 Å². The number of rotatable bonds is 4. The van der Waals surface area contributed by atoms with Crippen LogP contribution in [-0.4, -0.2) is 21.8 Å². The summed E-state index contributed by atoms with van der Waals surface area (Å²) in [6.07, 6.45) is -4.51. The van der Waals surface area contributed by atoms with Gasteiger partial charge in [0.05, 0.1) is 0 Å². The van der Waals surface area contributed by atoms with Crippen molar-refractivity contribution in [2.45, 2.75) is 19.6 Å². The maximum absolute atomic E-state index is 12.5. The molecule has 2 aromatic rings. The molecule has 1 N–H and O–H groups in total. The van der Waals surface area contributed by atoms with E-state index in [9.17, 15) is 18.3 Å². The SMILES string of the molecule is CCN(Cc1cc(Br)ccc1O)c1ccc(C(F)(F)F)nn1. The van der Waals surface area contributed by atoms with Gasteiger partial charge in [0.25, 0.3) is 0 Å². The Morgan fingerprint density at radius 3 is 2.45 bits per heavy atom. The molecule has 0 saturated carbocycles. The van der Waals surface area contributed by atoms with Crippen LogP contribution >= 0.6 is 15.9 Å². The third-order valence-corrected chi connectivity index (χ3v) is 3.54. The lowest BCUT2D eigenvalue weighted by Crippen LogP contribution is -2.24. The first-order valence-corrected chi connectivity index (χ1v) is 7.24. The number of phenolic OH excluding ortho intramolecular Hbond substituents is 1. The molecule has 0 aliphatic heterocycles. The van der Waals surface area contributed by atoms with Gasteiger partial charge in [-0.05, 0) is 37.3 Å². The highest BCUT2D eigenvalue weighted by Gasteiger charge is 2.33. The van der Waals surface area contributed by atoms with Crippen LogP contribution in [0.5, 0.6) is 5.75 Å². The fraction of sp³-hybridized carbons (Fsp3) is 0.286. The average molecular weight is 376 g/mol. The second-order valence-electron chi connectivity index (χ2n) is 4.56. The summed E-state index contributed by atoms with van der Waals surface area (Å²) in [5, 5.41) is 16.7. The summed E-state index contributed by atoms with van der Waals surface area (Å²) < 4.78 is 38.3. The smallest absolute Gasteiger partial charge is 0.435 e. The average Bonchev–Trinajstić information content (AvgIpc) is 2.47. The molecule has 22 heavy (non-hydrogen) atoms. The number of alkyl halides is 3. The van der Waals surface area contributed by atoms with E-state index in [2.05, 4.69) is 26.1 Å². The van der Waals surface area contributed by atoms with Gasteiger partial charge in [0.2, 0.25) is 0 Å². The molecule has 2 rings (SSSR count). The van der Waals surface area contributed by atoms with Crippen LogP contribution in [0.1, 0.15) is 18.2 Å². The maximum atomic E-state index is 12.5. The third-order valence-electron chi connectivity index (χ3n) is 3.05. The minimum Gasteiger partial charge on any atom is -0.508 e. The van der Waals surface area contributed by atoms with Crippen molar-refractivity contribution in [3.8, 4) is 5.75 Å². The van der Waals surface area contributed by atoms with E-state index < -0.39 is 11.9 Å². The maximum Gasteiger partial charge on any atom is 0.435 e. The predicted molar refractivity (Wildman–Crippen MR) is 79.6 cm³/mol. The number of aromatic nitrogens is 2. The fourth-order valence-electron chi connectivity index (χ4n) is 1.89. The molecule has 0 aliphatic rings. The molecule has 1 aromatic carbocycles. The molecule has 0 atom stereocenters. The molecule has 1 heterocycles. The van der Waals surface area contributed by atoms with E-state index in [0.717, 1.165) is 10.5 Å². The number of hydrogen-bond donors (Lipinski definition) is 1. The number of aromatic hydroxyl groups is 1. The Morgan fingerprint density at radius 1 is 1.18 bits per heavy atom. The Morgan fingerprint density at radius 2 is 1.91 bits per heavy atom. The summed E-state index contributed by atoms with van der Waals surface area (Å²) in [5.74, 6) is 0.427. The normalized spacial score (nSPS) is 11.5. The van der Waals surface area contributed by atoms with E-state index in [4.69, 9.17) is 0 Å². The molecule has 0 radical (unpaired) electrons. The molecule has 4 nitrogen and oxygen atoms in total. The molecule has 0 unspecified atom stereocenters. The lowest BCUT2D eigenvalue weighted by atomic mass is 10.2. The van der Waals surface area contributed by atoms with Crippen LogP contribution in [0.3, 0.4) is 0 Å². The first kappa shape index (κ1) is 16.5. The largest absolute Gasteiger partial charge is 0.508 e. The second-order valence-corrected chi connectivity index (χ2v) is 5.48. The first-order chi connectivity index (χ1) is 10.3. The van der Waals surface area contributed by atoms with Gasteiger partial charge in [-0.1, -0.05) is 15.9 Å². The van der Waals surface area contributed by atoms with Crippen LogP contribution in [0.2, 0.25) is 0 Å². The van der Waals surface area contributed by atoms with Crippen LogP contribution < -0.4 is 4.90 Å². The minimum absolute atomic E-state index is 0.113. The van der Waals surface area contributed by atoms with Crippen LogP contribution in [0.4, 0.5) is 19.0 Å². The highest BCUT2D eigenvalue weighted by molar-refractivity contribution is 9.10. The van der Waals surface area contributed by atoms with Crippen molar-refractivity contribution in [1.29, 1.82) is 0 Å². The standard InChI is InChI=1S/C14H13BrF3N3O/c1-2-21(8-9-7-10(15)3-4-11(9)22)13-6-5-12(19-20-13)14(16,17)18/h3-7,22H,2,8H2,1H3. The first-order valence-electron chi connectivity index (χ1n) is 6.44. The van der Waals surface area contributed by atoms with Crippen LogP contribution in [0.25, 0.3) is 0 Å². The number of halogens is 4. The van der Waals surface area contributed by atoms with E-state index in [1.165, 1.54) is 6.07 Å². The van der Waals surface area contributed by atoms with Crippen molar-refractivity contribution in [1.82, 2.24) is 10.2 Å². The Bertz CT molecular complexity index is 647. The Hall–Kier alpha value is -1.83. The zero-order chi connectivity index (χ0) is 16.3. The number of phenols is 1. The highest BCUT2D eigenvalue weighted by Crippen LogP contribution is 2.28.